The van der Waals surface area contributed by atoms with E-state index in [1.54, 1.807) is 18.2 Å². The van der Waals surface area contributed by atoms with Crippen molar-refractivity contribution in [1.29, 1.82) is 0 Å². The number of hydrogen-bond donors (Lipinski definition) is 0. The lowest BCUT2D eigenvalue weighted by atomic mass is 10.1. The lowest BCUT2D eigenvalue weighted by molar-refractivity contribution is -0.130. The molecule has 6 heteroatoms. The molecule has 0 saturated carbocycles. The Hall–Kier alpha value is -0.680. The summed E-state index contributed by atoms with van der Waals surface area (Å²) in [6, 6.07) is 5.16. The van der Waals surface area contributed by atoms with E-state index in [0.717, 1.165) is 10.0 Å². The average molecular weight is 339 g/mol. The number of nitrogens with zero attached hydrogens (tertiary/aromatic N) is 1. The molecular weight excluding hydrogens is 327 g/mol. The van der Waals surface area contributed by atoms with Crippen molar-refractivity contribution in [2.45, 2.75) is 18.8 Å². The molecule has 0 radical (unpaired) electrons. The van der Waals surface area contributed by atoms with Gasteiger partial charge in [0, 0.05) is 17.4 Å². The second-order valence-electron chi connectivity index (χ2n) is 4.35. The molecule has 0 spiro atoms. The van der Waals surface area contributed by atoms with Gasteiger partial charge in [-0.15, -0.1) is 0 Å². The quantitative estimate of drug-likeness (QED) is 0.808. The van der Waals surface area contributed by atoms with E-state index in [1.165, 1.54) is 4.90 Å². The monoisotopic (exact) mass is 337 g/mol. The van der Waals surface area contributed by atoms with Gasteiger partial charge in [0.25, 0.3) is 5.92 Å². The van der Waals surface area contributed by atoms with E-state index in [9.17, 15) is 13.6 Å². The van der Waals surface area contributed by atoms with Crippen LogP contribution >= 0.6 is 27.5 Å². The number of rotatable bonds is 2. The summed E-state index contributed by atoms with van der Waals surface area (Å²) in [5.41, 5.74) is 0.725. The smallest absolute Gasteiger partial charge is 0.267 e. The molecule has 18 heavy (non-hydrogen) atoms. The average Bonchev–Trinajstić information content (AvgIpc) is 2.64. The molecule has 0 aliphatic carbocycles. The van der Waals surface area contributed by atoms with Gasteiger partial charge in [-0.05, 0) is 33.6 Å². The molecule has 2 rings (SSSR count). The molecule has 0 bridgehead atoms. The number of carbonyl (C=O) groups is 1. The van der Waals surface area contributed by atoms with Crippen LogP contribution in [0.5, 0.6) is 0 Å². The Bertz CT molecular complexity index is 481. The predicted octanol–water partition coefficient (Wildman–Crippen LogP) is 3.51. The van der Waals surface area contributed by atoms with Crippen LogP contribution in [0, 0.1) is 0 Å². The van der Waals surface area contributed by atoms with Crippen molar-refractivity contribution in [3.8, 4) is 0 Å². The fourth-order valence-corrected chi connectivity index (χ4v) is 2.33. The topological polar surface area (TPSA) is 20.3 Å². The number of alkyl halides is 2. The summed E-state index contributed by atoms with van der Waals surface area (Å²) in [7, 11) is 0. The molecule has 1 aromatic carbocycles. The van der Waals surface area contributed by atoms with E-state index in [1.807, 2.05) is 0 Å². The van der Waals surface area contributed by atoms with Crippen LogP contribution in [-0.2, 0) is 11.2 Å². The first-order valence-corrected chi connectivity index (χ1v) is 6.64. The molecule has 1 aromatic rings. The Labute approximate surface area is 117 Å². The van der Waals surface area contributed by atoms with Crippen LogP contribution in [0.1, 0.15) is 12.0 Å². The summed E-state index contributed by atoms with van der Waals surface area (Å²) in [6.07, 6.45) is -0.150. The Morgan fingerprint density at radius 2 is 2.22 bits per heavy atom. The van der Waals surface area contributed by atoms with Gasteiger partial charge in [-0.3, -0.25) is 4.79 Å². The molecule has 0 aromatic heterocycles. The molecule has 2 nitrogen and oxygen atoms in total. The summed E-state index contributed by atoms with van der Waals surface area (Å²) < 4.78 is 26.7. The molecule has 1 aliphatic heterocycles. The summed E-state index contributed by atoms with van der Waals surface area (Å²) in [5, 5.41) is 0.507. The predicted molar refractivity (Wildman–Crippen MR) is 69.0 cm³/mol. The van der Waals surface area contributed by atoms with Gasteiger partial charge in [0.2, 0.25) is 5.91 Å². The van der Waals surface area contributed by atoms with Crippen LogP contribution in [0.3, 0.4) is 0 Å². The molecule has 0 unspecified atom stereocenters. The third kappa shape index (κ3) is 3.20. The van der Waals surface area contributed by atoms with Crippen molar-refractivity contribution < 1.29 is 13.6 Å². The number of amides is 1. The molecule has 1 heterocycles. The van der Waals surface area contributed by atoms with Gasteiger partial charge in [-0.1, -0.05) is 17.7 Å². The molecule has 0 N–H and O–H groups in total. The Morgan fingerprint density at radius 3 is 2.78 bits per heavy atom. The zero-order chi connectivity index (χ0) is 13.3. The van der Waals surface area contributed by atoms with E-state index in [-0.39, 0.29) is 25.3 Å². The first-order chi connectivity index (χ1) is 8.37. The molecule has 1 saturated heterocycles. The third-order valence-corrected chi connectivity index (χ3v) is 4.09. The van der Waals surface area contributed by atoms with E-state index < -0.39 is 12.5 Å². The van der Waals surface area contributed by atoms with E-state index in [2.05, 4.69) is 15.9 Å². The SMILES string of the molecule is O=C(Cc1ccc(Br)c(Cl)c1)N1CCC(F)(F)C1. The van der Waals surface area contributed by atoms with E-state index in [4.69, 9.17) is 11.6 Å². The number of carbonyl (C=O) groups excluding carboxylic acids is 1. The highest BCUT2D eigenvalue weighted by atomic mass is 79.9. The first kappa shape index (κ1) is 13.7. The van der Waals surface area contributed by atoms with Crippen molar-refractivity contribution in [2.75, 3.05) is 13.1 Å². The highest BCUT2D eigenvalue weighted by Crippen LogP contribution is 2.28. The Kier molecular flexibility index (Phi) is 3.92. The number of halogens is 4. The van der Waals surface area contributed by atoms with Gasteiger partial charge in [-0.25, -0.2) is 8.78 Å². The second-order valence-corrected chi connectivity index (χ2v) is 5.61. The molecular formula is C12H11BrClF2NO. The van der Waals surface area contributed by atoms with Gasteiger partial charge in [0.15, 0.2) is 0 Å². The van der Waals surface area contributed by atoms with Crippen molar-refractivity contribution >= 4 is 33.4 Å². The highest BCUT2D eigenvalue weighted by molar-refractivity contribution is 9.10. The Morgan fingerprint density at radius 1 is 1.50 bits per heavy atom. The number of benzene rings is 1. The van der Waals surface area contributed by atoms with Crippen LogP contribution in [-0.4, -0.2) is 29.8 Å². The maximum absolute atomic E-state index is 13.0. The Balaban J connectivity index is 2.01. The molecule has 98 valence electrons. The number of hydrogen-bond acceptors (Lipinski definition) is 1. The van der Waals surface area contributed by atoms with Gasteiger partial charge in [0.05, 0.1) is 18.0 Å². The largest absolute Gasteiger partial charge is 0.336 e. The molecule has 0 atom stereocenters. The highest BCUT2D eigenvalue weighted by Gasteiger charge is 2.39. The van der Waals surface area contributed by atoms with Crippen LogP contribution in [0.2, 0.25) is 5.02 Å². The minimum atomic E-state index is -2.74. The summed E-state index contributed by atoms with van der Waals surface area (Å²) in [6.45, 7) is -0.355. The lowest BCUT2D eigenvalue weighted by Crippen LogP contribution is -2.32. The number of likely N-dealkylation sites (tertiary alicyclic amines) is 1. The first-order valence-electron chi connectivity index (χ1n) is 5.47. The normalized spacial score (nSPS) is 18.1. The fourth-order valence-electron chi connectivity index (χ4n) is 1.88. The van der Waals surface area contributed by atoms with Crippen molar-refractivity contribution in [3.63, 3.8) is 0 Å². The maximum atomic E-state index is 13.0. The van der Waals surface area contributed by atoms with Gasteiger partial charge in [-0.2, -0.15) is 0 Å². The molecule has 1 fully saturated rings. The minimum Gasteiger partial charge on any atom is -0.336 e. The van der Waals surface area contributed by atoms with Crippen molar-refractivity contribution in [2.24, 2.45) is 0 Å². The van der Waals surface area contributed by atoms with Gasteiger partial charge < -0.3 is 4.90 Å². The van der Waals surface area contributed by atoms with Gasteiger partial charge >= 0.3 is 0 Å². The van der Waals surface area contributed by atoms with E-state index in [0.29, 0.717) is 5.02 Å². The zero-order valence-electron chi connectivity index (χ0n) is 9.43. The van der Waals surface area contributed by atoms with Crippen molar-refractivity contribution in [1.82, 2.24) is 4.90 Å². The van der Waals surface area contributed by atoms with Crippen LogP contribution in [0.25, 0.3) is 0 Å². The summed E-state index contributed by atoms with van der Waals surface area (Å²) in [5.74, 6) is -3.03. The van der Waals surface area contributed by atoms with Gasteiger partial charge in [0.1, 0.15) is 0 Å². The van der Waals surface area contributed by atoms with Crippen LogP contribution < -0.4 is 0 Å². The van der Waals surface area contributed by atoms with Crippen LogP contribution in [0.4, 0.5) is 8.78 Å². The standard InChI is InChI=1S/C12H11BrClF2NO/c13-9-2-1-8(5-10(9)14)6-11(18)17-4-3-12(15,16)7-17/h1-2,5H,3-4,6-7H2. The third-order valence-electron chi connectivity index (χ3n) is 2.86. The van der Waals surface area contributed by atoms with E-state index >= 15 is 0 Å². The lowest BCUT2D eigenvalue weighted by Gasteiger charge is -2.16. The minimum absolute atomic E-state index is 0.100. The zero-order valence-corrected chi connectivity index (χ0v) is 11.8. The summed E-state index contributed by atoms with van der Waals surface area (Å²) in [4.78, 5) is 13.0. The fraction of sp³-hybridized carbons (Fsp3) is 0.417. The summed E-state index contributed by atoms with van der Waals surface area (Å²) >= 11 is 9.16. The molecule has 1 amide bonds. The second kappa shape index (κ2) is 5.13. The maximum Gasteiger partial charge on any atom is 0.267 e. The van der Waals surface area contributed by atoms with Crippen LogP contribution in [0.15, 0.2) is 22.7 Å². The molecule has 1 aliphatic rings. The van der Waals surface area contributed by atoms with Crippen molar-refractivity contribution in [3.05, 3.63) is 33.3 Å².